The van der Waals surface area contributed by atoms with Crippen molar-refractivity contribution in [1.82, 2.24) is 18.9 Å². The molecule has 0 radical (unpaired) electrons. The quantitative estimate of drug-likeness (QED) is 0.505. The molecular weight excluding hydrogens is 374 g/mol. The van der Waals surface area contributed by atoms with Gasteiger partial charge in [-0.15, -0.1) is 0 Å². The zero-order chi connectivity index (χ0) is 20.7. The van der Waals surface area contributed by atoms with E-state index in [0.717, 1.165) is 39.0 Å². The Morgan fingerprint density at radius 2 is 1.80 bits per heavy atom. The fourth-order valence-electron chi connectivity index (χ4n) is 3.79. The molecular formula is C24H21N5O. The Morgan fingerprint density at radius 1 is 0.967 bits per heavy atom. The predicted octanol–water partition coefficient (Wildman–Crippen LogP) is 3.53. The fourth-order valence-corrected chi connectivity index (χ4v) is 3.79. The van der Waals surface area contributed by atoms with Crippen molar-refractivity contribution in [2.75, 3.05) is 0 Å². The third-order valence-electron chi connectivity index (χ3n) is 5.38. The number of fused-ring (bicyclic) bond motifs is 2. The molecule has 0 aliphatic carbocycles. The van der Waals surface area contributed by atoms with Gasteiger partial charge in [-0.3, -0.25) is 9.78 Å². The minimum absolute atomic E-state index is 0.0753. The van der Waals surface area contributed by atoms with Crippen LogP contribution in [0.25, 0.3) is 27.5 Å². The first-order chi connectivity index (χ1) is 14.6. The van der Waals surface area contributed by atoms with Crippen molar-refractivity contribution in [3.63, 3.8) is 0 Å². The van der Waals surface area contributed by atoms with Crippen LogP contribution in [0.15, 0.2) is 78.2 Å². The van der Waals surface area contributed by atoms with Crippen LogP contribution in [0.4, 0.5) is 0 Å². The summed E-state index contributed by atoms with van der Waals surface area (Å²) in [6.07, 6.45) is 9.26. The number of nitrogens with two attached hydrogens (primary N) is 1. The van der Waals surface area contributed by atoms with Crippen molar-refractivity contribution in [3.05, 3.63) is 101 Å². The molecule has 5 rings (SSSR count). The molecule has 5 aromatic rings. The molecule has 0 spiro atoms. The zero-order valence-electron chi connectivity index (χ0n) is 16.6. The number of nitrogens with zero attached hydrogens (tertiary/aromatic N) is 4. The standard InChI is InChI=1S/C24H21N5O/c1-16-2-7-23-27-19(15-29(23)13-16)14-28-9-8-20-21(11-26-12-22(20)24(28)30)18-5-3-17(10-25)4-6-18/h2-9,11-13,15H,10,14,25H2,1H3. The number of hydrogen-bond acceptors (Lipinski definition) is 4. The van der Waals surface area contributed by atoms with Gasteiger partial charge in [-0.2, -0.15) is 0 Å². The highest BCUT2D eigenvalue weighted by Gasteiger charge is 2.11. The van der Waals surface area contributed by atoms with Crippen molar-refractivity contribution < 1.29 is 0 Å². The second kappa shape index (κ2) is 7.24. The molecule has 0 bridgehead atoms. The van der Waals surface area contributed by atoms with E-state index in [4.69, 9.17) is 5.73 Å². The number of pyridine rings is 3. The Balaban J connectivity index is 1.55. The van der Waals surface area contributed by atoms with E-state index in [1.165, 1.54) is 0 Å². The number of hydrogen-bond donors (Lipinski definition) is 1. The number of aromatic nitrogens is 4. The fraction of sp³-hybridized carbons (Fsp3) is 0.125. The Morgan fingerprint density at radius 3 is 2.60 bits per heavy atom. The van der Waals surface area contributed by atoms with Gasteiger partial charge in [0.1, 0.15) is 5.65 Å². The third kappa shape index (κ3) is 3.17. The van der Waals surface area contributed by atoms with Gasteiger partial charge in [0.15, 0.2) is 0 Å². The molecule has 148 valence electrons. The van der Waals surface area contributed by atoms with Gasteiger partial charge in [-0.25, -0.2) is 4.98 Å². The van der Waals surface area contributed by atoms with Crippen LogP contribution in [0.5, 0.6) is 0 Å². The summed E-state index contributed by atoms with van der Waals surface area (Å²) in [4.78, 5) is 22.1. The Kier molecular flexibility index (Phi) is 4.41. The van der Waals surface area contributed by atoms with Crippen molar-refractivity contribution in [2.45, 2.75) is 20.0 Å². The molecule has 0 aliphatic heterocycles. The SMILES string of the molecule is Cc1ccc2nc(Cn3ccc4c(-c5ccc(CN)cc5)cncc4c3=O)cn2c1. The lowest BCUT2D eigenvalue weighted by molar-refractivity contribution is 0.752. The maximum absolute atomic E-state index is 13.2. The Bertz CT molecular complexity index is 1430. The summed E-state index contributed by atoms with van der Waals surface area (Å²) in [5.41, 5.74) is 11.5. The lowest BCUT2D eigenvalue weighted by atomic mass is 10.0. The van der Waals surface area contributed by atoms with Gasteiger partial charge in [-0.05, 0) is 41.1 Å². The van der Waals surface area contributed by atoms with Crippen molar-refractivity contribution in [2.24, 2.45) is 5.73 Å². The second-order valence-electron chi connectivity index (χ2n) is 7.50. The smallest absolute Gasteiger partial charge is 0.260 e. The minimum Gasteiger partial charge on any atom is -0.326 e. The summed E-state index contributed by atoms with van der Waals surface area (Å²) >= 11 is 0. The van der Waals surface area contributed by atoms with Crippen molar-refractivity contribution in [3.8, 4) is 11.1 Å². The molecule has 30 heavy (non-hydrogen) atoms. The lowest BCUT2D eigenvalue weighted by Gasteiger charge is -2.09. The molecule has 6 nitrogen and oxygen atoms in total. The van der Waals surface area contributed by atoms with E-state index in [-0.39, 0.29) is 5.56 Å². The summed E-state index contributed by atoms with van der Waals surface area (Å²) in [7, 11) is 0. The first-order valence-electron chi connectivity index (χ1n) is 9.83. The van der Waals surface area contributed by atoms with E-state index in [9.17, 15) is 4.79 Å². The minimum atomic E-state index is -0.0753. The van der Waals surface area contributed by atoms with E-state index < -0.39 is 0 Å². The van der Waals surface area contributed by atoms with Gasteiger partial charge >= 0.3 is 0 Å². The van der Waals surface area contributed by atoms with Crippen LogP contribution in [-0.4, -0.2) is 18.9 Å². The highest BCUT2D eigenvalue weighted by molar-refractivity contribution is 5.95. The molecule has 0 unspecified atom stereocenters. The number of aryl methyl sites for hydroxylation is 1. The average Bonchev–Trinajstić information content (AvgIpc) is 3.17. The second-order valence-corrected chi connectivity index (χ2v) is 7.50. The molecule has 0 saturated heterocycles. The first kappa shape index (κ1) is 18.3. The van der Waals surface area contributed by atoms with Gasteiger partial charge in [-0.1, -0.05) is 30.3 Å². The summed E-state index contributed by atoms with van der Waals surface area (Å²) in [6, 6.07) is 14.0. The highest BCUT2D eigenvalue weighted by Crippen LogP contribution is 2.26. The molecule has 0 amide bonds. The number of imidazole rings is 1. The largest absolute Gasteiger partial charge is 0.326 e. The van der Waals surface area contributed by atoms with Gasteiger partial charge in [0.2, 0.25) is 0 Å². The van der Waals surface area contributed by atoms with Crippen LogP contribution in [-0.2, 0) is 13.1 Å². The third-order valence-corrected chi connectivity index (χ3v) is 5.38. The Hall–Kier alpha value is -3.77. The Labute approximate surface area is 173 Å². The van der Waals surface area contributed by atoms with Crippen LogP contribution in [0.2, 0.25) is 0 Å². The van der Waals surface area contributed by atoms with E-state index in [0.29, 0.717) is 18.5 Å². The monoisotopic (exact) mass is 395 g/mol. The molecule has 1 aromatic carbocycles. The van der Waals surface area contributed by atoms with E-state index in [1.54, 1.807) is 17.0 Å². The molecule has 6 heteroatoms. The highest BCUT2D eigenvalue weighted by atomic mass is 16.1. The molecule has 0 atom stereocenters. The summed E-state index contributed by atoms with van der Waals surface area (Å²) in [5.74, 6) is 0. The van der Waals surface area contributed by atoms with Crippen molar-refractivity contribution >= 4 is 16.4 Å². The van der Waals surface area contributed by atoms with Gasteiger partial charge in [0.05, 0.1) is 17.6 Å². The molecule has 4 heterocycles. The molecule has 0 saturated carbocycles. The average molecular weight is 395 g/mol. The van der Waals surface area contributed by atoms with E-state index >= 15 is 0 Å². The summed E-state index contributed by atoms with van der Waals surface area (Å²) in [5, 5.41) is 1.48. The molecule has 0 fully saturated rings. The van der Waals surface area contributed by atoms with Crippen LogP contribution < -0.4 is 11.3 Å². The normalized spacial score (nSPS) is 11.4. The van der Waals surface area contributed by atoms with Crippen LogP contribution in [0.3, 0.4) is 0 Å². The summed E-state index contributed by atoms with van der Waals surface area (Å²) in [6.45, 7) is 2.95. The lowest BCUT2D eigenvalue weighted by Crippen LogP contribution is -2.20. The molecule has 2 N–H and O–H groups in total. The van der Waals surface area contributed by atoms with E-state index in [2.05, 4.69) is 9.97 Å². The maximum Gasteiger partial charge on any atom is 0.260 e. The number of rotatable bonds is 4. The van der Waals surface area contributed by atoms with Crippen LogP contribution in [0.1, 0.15) is 16.8 Å². The molecule has 4 aromatic heterocycles. The predicted molar refractivity (Wildman–Crippen MR) is 118 cm³/mol. The summed E-state index contributed by atoms with van der Waals surface area (Å²) < 4.78 is 3.67. The zero-order valence-corrected chi connectivity index (χ0v) is 16.6. The van der Waals surface area contributed by atoms with Crippen LogP contribution >= 0.6 is 0 Å². The topological polar surface area (TPSA) is 78.2 Å². The van der Waals surface area contributed by atoms with Gasteiger partial charge in [0.25, 0.3) is 5.56 Å². The van der Waals surface area contributed by atoms with Gasteiger partial charge in [0, 0.05) is 43.1 Å². The number of benzene rings is 1. The van der Waals surface area contributed by atoms with Gasteiger partial charge < -0.3 is 14.7 Å². The maximum atomic E-state index is 13.2. The van der Waals surface area contributed by atoms with Crippen molar-refractivity contribution in [1.29, 1.82) is 0 Å². The van der Waals surface area contributed by atoms with Crippen LogP contribution in [0, 0.1) is 6.92 Å². The van der Waals surface area contributed by atoms with E-state index in [1.807, 2.05) is 72.4 Å². The molecule has 0 aliphatic rings. The first-order valence-corrected chi connectivity index (χ1v) is 9.83.